The number of hydrogen-bond donors (Lipinski definition) is 2. The summed E-state index contributed by atoms with van der Waals surface area (Å²) in [6.07, 6.45) is 4.08. The van der Waals surface area contributed by atoms with E-state index >= 15 is 0 Å². The zero-order valence-electron chi connectivity index (χ0n) is 17.7. The number of anilines is 1. The lowest BCUT2D eigenvalue weighted by molar-refractivity contribution is -0.115. The van der Waals surface area contributed by atoms with Gasteiger partial charge in [0.1, 0.15) is 5.75 Å². The molecule has 0 heterocycles. The molecule has 7 heteroatoms. The largest absolute Gasteiger partial charge is 0.494 e. The molecule has 0 bridgehead atoms. The number of hydrogen-bond acceptors (Lipinski definition) is 5. The summed E-state index contributed by atoms with van der Waals surface area (Å²) in [5, 5.41) is 5.81. The zero-order valence-corrected chi connectivity index (χ0v) is 18.5. The van der Waals surface area contributed by atoms with Crippen molar-refractivity contribution in [1.29, 1.82) is 0 Å². The van der Waals surface area contributed by atoms with Crippen LogP contribution < -0.4 is 24.8 Å². The molecule has 2 N–H and O–H groups in total. The lowest BCUT2D eigenvalue weighted by atomic mass is 10.1. The molecule has 0 unspecified atom stereocenters. The summed E-state index contributed by atoms with van der Waals surface area (Å²) in [4.78, 5) is 12.1. The van der Waals surface area contributed by atoms with Crippen LogP contribution in [0.5, 0.6) is 17.2 Å². The Hall–Kier alpha value is -3.06. The number of methoxy groups -OCH3 is 2. The van der Waals surface area contributed by atoms with E-state index in [2.05, 4.69) is 24.5 Å². The van der Waals surface area contributed by atoms with Crippen LogP contribution in [0.4, 0.5) is 5.69 Å². The maximum Gasteiger partial charge on any atom is 0.250 e. The van der Waals surface area contributed by atoms with Gasteiger partial charge in [0.05, 0.1) is 20.8 Å². The smallest absolute Gasteiger partial charge is 0.250 e. The van der Waals surface area contributed by atoms with Gasteiger partial charge in [0.2, 0.25) is 5.91 Å². The van der Waals surface area contributed by atoms with Gasteiger partial charge in [-0.15, -0.1) is 0 Å². The first-order valence-corrected chi connectivity index (χ1v) is 10.1. The maximum absolute atomic E-state index is 12.1. The van der Waals surface area contributed by atoms with Crippen LogP contribution in [0.3, 0.4) is 0 Å². The van der Waals surface area contributed by atoms with Crippen LogP contribution in [0, 0.1) is 5.92 Å². The average Bonchev–Trinajstić information content (AvgIpc) is 2.73. The second-order valence-electron chi connectivity index (χ2n) is 6.95. The third-order valence-electron chi connectivity index (χ3n) is 4.15. The van der Waals surface area contributed by atoms with Crippen LogP contribution in [-0.2, 0) is 4.79 Å². The summed E-state index contributed by atoms with van der Waals surface area (Å²) < 4.78 is 16.1. The summed E-state index contributed by atoms with van der Waals surface area (Å²) in [5.74, 6) is 2.28. The van der Waals surface area contributed by atoms with Crippen molar-refractivity contribution in [3.63, 3.8) is 0 Å². The van der Waals surface area contributed by atoms with Gasteiger partial charge >= 0.3 is 0 Å². The third kappa shape index (κ3) is 7.75. The molecule has 0 spiro atoms. The molecule has 0 saturated heterocycles. The average molecular weight is 429 g/mol. The number of amides is 1. The Kier molecular flexibility index (Phi) is 9.15. The highest BCUT2D eigenvalue weighted by Gasteiger charge is 2.05. The molecule has 160 valence electrons. The van der Waals surface area contributed by atoms with Crippen molar-refractivity contribution in [3.05, 3.63) is 54.1 Å². The van der Waals surface area contributed by atoms with E-state index in [1.807, 2.05) is 30.3 Å². The fraction of sp³-hybridized carbons (Fsp3) is 0.304. The van der Waals surface area contributed by atoms with Crippen LogP contribution in [0.2, 0.25) is 0 Å². The van der Waals surface area contributed by atoms with Gasteiger partial charge in [0, 0.05) is 11.8 Å². The molecule has 0 aliphatic heterocycles. The van der Waals surface area contributed by atoms with Gasteiger partial charge in [0.25, 0.3) is 0 Å². The van der Waals surface area contributed by atoms with E-state index in [1.54, 1.807) is 32.4 Å². The lowest BCUT2D eigenvalue weighted by Crippen LogP contribution is -2.32. The minimum Gasteiger partial charge on any atom is -0.494 e. The summed E-state index contributed by atoms with van der Waals surface area (Å²) in [6, 6.07) is 12.8. The molecule has 2 rings (SSSR count). The standard InChI is InChI=1S/C23H28N2O4S/c1-16(2)13-14-29-19-9-7-18(8-10-19)24-23(30)25-22(26)12-6-17-5-11-20(27-3)21(15-17)28-4/h5-12,15-16H,13-14H2,1-4H3,(H2,24,25,26,30). The molecule has 6 nitrogen and oxygen atoms in total. The van der Waals surface area contributed by atoms with E-state index in [4.69, 9.17) is 26.4 Å². The highest BCUT2D eigenvalue weighted by atomic mass is 32.1. The quantitative estimate of drug-likeness (QED) is 0.447. The molecule has 0 aliphatic carbocycles. The molecule has 0 aliphatic rings. The summed E-state index contributed by atoms with van der Waals surface area (Å²) >= 11 is 5.20. The maximum atomic E-state index is 12.1. The fourth-order valence-corrected chi connectivity index (χ4v) is 2.71. The predicted molar refractivity (Wildman–Crippen MR) is 124 cm³/mol. The van der Waals surface area contributed by atoms with Gasteiger partial charge in [-0.05, 0) is 72.6 Å². The third-order valence-corrected chi connectivity index (χ3v) is 4.35. The molecule has 30 heavy (non-hydrogen) atoms. The van der Waals surface area contributed by atoms with Gasteiger partial charge in [-0.25, -0.2) is 0 Å². The number of rotatable bonds is 9. The van der Waals surface area contributed by atoms with E-state index < -0.39 is 0 Å². The molecule has 2 aromatic carbocycles. The second kappa shape index (κ2) is 11.8. The number of thiocarbonyl (C=S) groups is 1. The Balaban J connectivity index is 1.84. The number of carbonyl (C=O) groups is 1. The SMILES string of the molecule is COc1ccc(C=CC(=O)NC(=S)Nc2ccc(OCCC(C)C)cc2)cc1OC. The monoisotopic (exact) mass is 428 g/mol. The molecule has 0 aromatic heterocycles. The Morgan fingerprint density at radius 1 is 1.07 bits per heavy atom. The number of ether oxygens (including phenoxy) is 3. The summed E-state index contributed by atoms with van der Waals surface area (Å²) in [6.45, 7) is 5.01. The highest BCUT2D eigenvalue weighted by molar-refractivity contribution is 7.80. The molecule has 0 saturated carbocycles. The molecule has 0 fully saturated rings. The van der Waals surface area contributed by atoms with E-state index in [0.717, 1.165) is 23.4 Å². The minimum absolute atomic E-state index is 0.213. The van der Waals surface area contributed by atoms with E-state index in [0.29, 0.717) is 24.0 Å². The van der Waals surface area contributed by atoms with Gasteiger partial charge in [-0.3, -0.25) is 10.1 Å². The first-order chi connectivity index (χ1) is 14.4. The predicted octanol–water partition coefficient (Wildman–Crippen LogP) is 4.66. The molecule has 1 amide bonds. The molecular formula is C23H28N2O4S. The van der Waals surface area contributed by atoms with Crippen molar-refractivity contribution >= 4 is 35.0 Å². The van der Waals surface area contributed by atoms with Crippen LogP contribution in [0.25, 0.3) is 6.08 Å². The lowest BCUT2D eigenvalue weighted by Gasteiger charge is -2.11. The van der Waals surface area contributed by atoms with Crippen molar-refractivity contribution in [3.8, 4) is 17.2 Å². The number of carbonyl (C=O) groups excluding carboxylic acids is 1. The summed E-state index contributed by atoms with van der Waals surface area (Å²) in [5.41, 5.74) is 1.56. The van der Waals surface area contributed by atoms with Crippen molar-refractivity contribution in [2.45, 2.75) is 20.3 Å². The normalized spacial score (nSPS) is 10.7. The van der Waals surface area contributed by atoms with Gasteiger partial charge < -0.3 is 19.5 Å². The Morgan fingerprint density at radius 2 is 1.77 bits per heavy atom. The van der Waals surface area contributed by atoms with Crippen LogP contribution in [0.1, 0.15) is 25.8 Å². The molecule has 0 radical (unpaired) electrons. The van der Waals surface area contributed by atoms with E-state index in [9.17, 15) is 4.79 Å². The van der Waals surface area contributed by atoms with Crippen LogP contribution in [0.15, 0.2) is 48.5 Å². The van der Waals surface area contributed by atoms with Gasteiger partial charge in [0.15, 0.2) is 16.6 Å². The highest BCUT2D eigenvalue weighted by Crippen LogP contribution is 2.27. The van der Waals surface area contributed by atoms with E-state index in [1.165, 1.54) is 6.08 Å². The molecule has 2 aromatic rings. The zero-order chi connectivity index (χ0) is 21.9. The van der Waals surface area contributed by atoms with Crippen molar-refractivity contribution < 1.29 is 19.0 Å². The van der Waals surface area contributed by atoms with Gasteiger partial charge in [-0.2, -0.15) is 0 Å². The molecule has 0 atom stereocenters. The Bertz CT molecular complexity index is 879. The number of nitrogens with one attached hydrogen (secondary N) is 2. The number of benzene rings is 2. The van der Waals surface area contributed by atoms with Crippen LogP contribution >= 0.6 is 12.2 Å². The van der Waals surface area contributed by atoms with Crippen molar-refractivity contribution in [1.82, 2.24) is 5.32 Å². The molecular weight excluding hydrogens is 400 g/mol. The first kappa shape index (κ1) is 23.2. The first-order valence-electron chi connectivity index (χ1n) is 9.66. The van der Waals surface area contributed by atoms with Crippen LogP contribution in [-0.4, -0.2) is 31.8 Å². The van der Waals surface area contributed by atoms with Crippen molar-refractivity contribution in [2.75, 3.05) is 26.1 Å². The van der Waals surface area contributed by atoms with Crippen molar-refractivity contribution in [2.24, 2.45) is 5.92 Å². The Labute approximate surface area is 183 Å². The topological polar surface area (TPSA) is 68.8 Å². The van der Waals surface area contributed by atoms with E-state index in [-0.39, 0.29) is 11.0 Å². The fourth-order valence-electron chi connectivity index (χ4n) is 2.49. The Morgan fingerprint density at radius 3 is 2.40 bits per heavy atom. The van der Waals surface area contributed by atoms with Gasteiger partial charge in [-0.1, -0.05) is 19.9 Å². The summed E-state index contributed by atoms with van der Waals surface area (Å²) in [7, 11) is 3.13. The second-order valence-corrected chi connectivity index (χ2v) is 7.35. The minimum atomic E-state index is -0.337.